The van der Waals surface area contributed by atoms with E-state index in [0.717, 1.165) is 0 Å². The summed E-state index contributed by atoms with van der Waals surface area (Å²) in [6, 6.07) is 3.25. The Hall–Kier alpha value is -1.95. The minimum atomic E-state index is -0.628. The number of aromatic nitrogens is 3. The molecule has 0 aliphatic carbocycles. The summed E-state index contributed by atoms with van der Waals surface area (Å²) < 4.78 is 9.62. The quantitative estimate of drug-likeness (QED) is 0.778. The summed E-state index contributed by atoms with van der Waals surface area (Å²) >= 11 is 5.69. The fraction of sp³-hybridized carbons (Fsp3) is 0.200. The van der Waals surface area contributed by atoms with Crippen molar-refractivity contribution in [1.82, 2.24) is 15.1 Å². The summed E-state index contributed by atoms with van der Waals surface area (Å²) in [4.78, 5) is 19.2. The van der Waals surface area contributed by atoms with Gasteiger partial charge in [-0.2, -0.15) is 4.98 Å². The van der Waals surface area contributed by atoms with Crippen LogP contribution in [0.5, 0.6) is 0 Å². The molecule has 7 heteroatoms. The van der Waals surface area contributed by atoms with Crippen molar-refractivity contribution in [3.05, 3.63) is 29.2 Å². The molecular weight excluding hydrogens is 246 g/mol. The molecule has 2 aromatic rings. The van der Waals surface area contributed by atoms with E-state index in [1.54, 1.807) is 19.1 Å². The number of hydrogen-bond acceptors (Lipinski definition) is 6. The van der Waals surface area contributed by atoms with Gasteiger partial charge in [0.05, 0.1) is 11.6 Å². The van der Waals surface area contributed by atoms with Crippen molar-refractivity contribution in [1.29, 1.82) is 0 Å². The summed E-state index contributed by atoms with van der Waals surface area (Å²) in [6.07, 6.45) is 1.45. The molecular formula is C10H8ClN3O3. The number of esters is 1. The van der Waals surface area contributed by atoms with Crippen molar-refractivity contribution in [2.45, 2.75) is 6.92 Å². The van der Waals surface area contributed by atoms with E-state index in [9.17, 15) is 4.79 Å². The number of rotatable bonds is 3. The zero-order valence-electron chi connectivity index (χ0n) is 8.88. The molecule has 0 atom stereocenters. The zero-order chi connectivity index (χ0) is 12.3. The average molecular weight is 254 g/mol. The lowest BCUT2D eigenvalue weighted by molar-refractivity contribution is 0.0508. The first kappa shape index (κ1) is 11.5. The third kappa shape index (κ3) is 2.59. The van der Waals surface area contributed by atoms with Crippen molar-refractivity contribution in [2.75, 3.05) is 6.61 Å². The van der Waals surface area contributed by atoms with Gasteiger partial charge in [-0.25, -0.2) is 9.78 Å². The molecule has 2 heterocycles. The Balaban J connectivity index is 2.23. The van der Waals surface area contributed by atoms with E-state index >= 15 is 0 Å². The van der Waals surface area contributed by atoms with E-state index in [2.05, 4.69) is 15.1 Å². The monoisotopic (exact) mass is 253 g/mol. The molecule has 0 unspecified atom stereocenters. The van der Waals surface area contributed by atoms with Crippen LogP contribution in [0.25, 0.3) is 11.6 Å². The number of nitrogens with zero attached hydrogens (tertiary/aromatic N) is 3. The molecule has 0 saturated heterocycles. The Morgan fingerprint density at radius 1 is 1.53 bits per heavy atom. The fourth-order valence-electron chi connectivity index (χ4n) is 1.11. The molecule has 2 rings (SSSR count). The second-order valence-corrected chi connectivity index (χ2v) is 3.44. The molecule has 0 amide bonds. The van der Waals surface area contributed by atoms with Crippen molar-refractivity contribution in [3.63, 3.8) is 0 Å². The van der Waals surface area contributed by atoms with Gasteiger partial charge in [-0.1, -0.05) is 11.6 Å². The van der Waals surface area contributed by atoms with Crippen LogP contribution in [-0.4, -0.2) is 27.7 Å². The maximum absolute atomic E-state index is 11.3. The van der Waals surface area contributed by atoms with E-state index in [1.165, 1.54) is 6.20 Å². The maximum atomic E-state index is 11.3. The van der Waals surface area contributed by atoms with Crippen LogP contribution in [0.15, 0.2) is 22.9 Å². The zero-order valence-corrected chi connectivity index (χ0v) is 9.64. The molecule has 0 spiro atoms. The highest BCUT2D eigenvalue weighted by Crippen LogP contribution is 2.16. The first-order chi connectivity index (χ1) is 8.20. The minimum Gasteiger partial charge on any atom is -0.460 e. The highest BCUT2D eigenvalue weighted by atomic mass is 35.5. The third-order valence-electron chi connectivity index (χ3n) is 1.83. The molecule has 17 heavy (non-hydrogen) atoms. The second-order valence-electron chi connectivity index (χ2n) is 3.01. The first-order valence-electron chi connectivity index (χ1n) is 4.83. The number of pyridine rings is 1. The van der Waals surface area contributed by atoms with Crippen LogP contribution in [0.3, 0.4) is 0 Å². The highest BCUT2D eigenvalue weighted by Gasteiger charge is 2.17. The number of ether oxygens (including phenoxy) is 1. The van der Waals surface area contributed by atoms with Crippen LogP contribution < -0.4 is 0 Å². The van der Waals surface area contributed by atoms with Gasteiger partial charge < -0.3 is 9.26 Å². The second kappa shape index (κ2) is 4.92. The lowest BCUT2D eigenvalue weighted by atomic mass is 10.3. The Bertz CT molecular complexity index is 524. The van der Waals surface area contributed by atoms with Gasteiger partial charge in [0.25, 0.3) is 11.7 Å². The van der Waals surface area contributed by atoms with Gasteiger partial charge in [0.1, 0.15) is 5.69 Å². The van der Waals surface area contributed by atoms with Crippen molar-refractivity contribution in [3.8, 4) is 11.6 Å². The maximum Gasteiger partial charge on any atom is 0.379 e. The molecule has 0 fully saturated rings. The standard InChI is InChI=1S/C10H8ClN3O3/c1-2-16-10(15)8-13-9(17-14-8)7-4-3-6(11)5-12-7/h3-5H,2H2,1H3. The van der Waals surface area contributed by atoms with Crippen LogP contribution in [0.4, 0.5) is 0 Å². The topological polar surface area (TPSA) is 78.1 Å². The molecule has 0 saturated carbocycles. The molecule has 0 radical (unpaired) electrons. The van der Waals surface area contributed by atoms with Crippen molar-refractivity contribution in [2.24, 2.45) is 0 Å². The van der Waals surface area contributed by atoms with Crippen LogP contribution in [0, 0.1) is 0 Å². The van der Waals surface area contributed by atoms with E-state index in [4.69, 9.17) is 20.9 Å². The van der Waals surface area contributed by atoms with Gasteiger partial charge in [-0.15, -0.1) is 0 Å². The molecule has 6 nitrogen and oxygen atoms in total. The molecule has 2 aromatic heterocycles. The lowest BCUT2D eigenvalue weighted by Gasteiger charge is -1.94. The van der Waals surface area contributed by atoms with Crippen LogP contribution in [-0.2, 0) is 4.74 Å². The summed E-state index contributed by atoms with van der Waals surface area (Å²) in [5, 5.41) is 4.00. The molecule has 0 aromatic carbocycles. The van der Waals surface area contributed by atoms with Crippen molar-refractivity contribution >= 4 is 17.6 Å². The van der Waals surface area contributed by atoms with E-state index in [1.807, 2.05) is 0 Å². The van der Waals surface area contributed by atoms with Gasteiger partial charge in [0.15, 0.2) is 0 Å². The Morgan fingerprint density at radius 3 is 3.00 bits per heavy atom. The number of carbonyl (C=O) groups excluding carboxylic acids is 1. The van der Waals surface area contributed by atoms with Crippen LogP contribution in [0.2, 0.25) is 5.02 Å². The summed E-state index contributed by atoms with van der Waals surface area (Å²) in [5.74, 6) is -0.611. The van der Waals surface area contributed by atoms with Crippen LogP contribution >= 0.6 is 11.6 Å². The SMILES string of the molecule is CCOC(=O)c1noc(-c2ccc(Cl)cn2)n1. The van der Waals surface area contributed by atoms with Gasteiger partial charge in [0.2, 0.25) is 0 Å². The predicted octanol–water partition coefficient (Wildman–Crippen LogP) is 1.96. The van der Waals surface area contributed by atoms with Gasteiger partial charge >= 0.3 is 5.97 Å². The predicted molar refractivity (Wildman–Crippen MR) is 58.5 cm³/mol. The number of halogens is 1. The smallest absolute Gasteiger partial charge is 0.379 e. The lowest BCUT2D eigenvalue weighted by Crippen LogP contribution is -2.06. The average Bonchev–Trinajstić information content (AvgIpc) is 2.80. The molecule has 0 bridgehead atoms. The van der Waals surface area contributed by atoms with Crippen molar-refractivity contribution < 1.29 is 14.1 Å². The van der Waals surface area contributed by atoms with Gasteiger partial charge in [-0.05, 0) is 24.2 Å². The number of carbonyl (C=O) groups is 1. The molecule has 88 valence electrons. The molecule has 0 aliphatic rings. The first-order valence-corrected chi connectivity index (χ1v) is 5.21. The van der Waals surface area contributed by atoms with Gasteiger partial charge in [-0.3, -0.25) is 0 Å². The normalized spacial score (nSPS) is 10.2. The summed E-state index contributed by atoms with van der Waals surface area (Å²) in [6.45, 7) is 1.95. The summed E-state index contributed by atoms with van der Waals surface area (Å²) in [7, 11) is 0. The Kier molecular flexibility index (Phi) is 3.34. The largest absolute Gasteiger partial charge is 0.460 e. The van der Waals surface area contributed by atoms with Gasteiger partial charge in [0, 0.05) is 6.20 Å². The Morgan fingerprint density at radius 2 is 2.35 bits per heavy atom. The minimum absolute atomic E-state index is 0.126. The summed E-state index contributed by atoms with van der Waals surface area (Å²) in [5.41, 5.74) is 0.442. The highest BCUT2D eigenvalue weighted by molar-refractivity contribution is 6.30. The molecule has 0 aliphatic heterocycles. The fourth-order valence-corrected chi connectivity index (χ4v) is 1.22. The number of hydrogen-bond donors (Lipinski definition) is 0. The molecule has 0 N–H and O–H groups in total. The van der Waals surface area contributed by atoms with E-state index in [-0.39, 0.29) is 18.3 Å². The third-order valence-corrected chi connectivity index (χ3v) is 2.05. The van der Waals surface area contributed by atoms with E-state index < -0.39 is 5.97 Å². The Labute approximate surface area is 102 Å². The van der Waals surface area contributed by atoms with E-state index in [0.29, 0.717) is 10.7 Å². The van der Waals surface area contributed by atoms with Crippen LogP contribution in [0.1, 0.15) is 17.5 Å².